The van der Waals surface area contributed by atoms with E-state index in [2.05, 4.69) is 25.5 Å². The monoisotopic (exact) mass is 375 g/mol. The molecule has 26 heavy (non-hydrogen) atoms. The number of ether oxygens (including phenoxy) is 1. The second kappa shape index (κ2) is 8.93. The third-order valence-corrected chi connectivity index (χ3v) is 4.38. The van der Waals surface area contributed by atoms with Crippen molar-refractivity contribution in [3.05, 3.63) is 46.7 Å². The van der Waals surface area contributed by atoms with Gasteiger partial charge in [0, 0.05) is 43.1 Å². The van der Waals surface area contributed by atoms with Crippen molar-refractivity contribution >= 4 is 29.1 Å². The van der Waals surface area contributed by atoms with Gasteiger partial charge in [0.2, 0.25) is 5.95 Å². The molecule has 0 atom stereocenters. The Hall–Kier alpha value is -2.22. The Kier molecular flexibility index (Phi) is 6.38. The SMILES string of the molecule is Cc1cc(Cl)ccc1Nc1nccc(C(=O)NCCN2CCOCC2)n1. The number of halogens is 1. The largest absolute Gasteiger partial charge is 0.379 e. The predicted octanol–water partition coefficient (Wildman–Crippen LogP) is 2.24. The number of nitrogens with zero attached hydrogens (tertiary/aromatic N) is 3. The Labute approximate surface area is 157 Å². The van der Waals surface area contributed by atoms with Gasteiger partial charge in [0.1, 0.15) is 5.69 Å². The fraction of sp³-hybridized carbons (Fsp3) is 0.389. The predicted molar refractivity (Wildman–Crippen MR) is 101 cm³/mol. The first-order valence-electron chi connectivity index (χ1n) is 8.56. The highest BCUT2D eigenvalue weighted by molar-refractivity contribution is 6.30. The number of hydrogen-bond acceptors (Lipinski definition) is 6. The van der Waals surface area contributed by atoms with E-state index in [4.69, 9.17) is 16.3 Å². The van der Waals surface area contributed by atoms with Crippen LogP contribution in [0.15, 0.2) is 30.5 Å². The molecule has 3 rings (SSSR count). The lowest BCUT2D eigenvalue weighted by molar-refractivity contribution is 0.0383. The molecule has 1 aromatic carbocycles. The van der Waals surface area contributed by atoms with Gasteiger partial charge in [-0.2, -0.15) is 0 Å². The van der Waals surface area contributed by atoms with Gasteiger partial charge >= 0.3 is 0 Å². The summed E-state index contributed by atoms with van der Waals surface area (Å²) in [6.07, 6.45) is 1.57. The van der Waals surface area contributed by atoms with Crippen molar-refractivity contribution in [3.8, 4) is 0 Å². The van der Waals surface area contributed by atoms with E-state index in [1.807, 2.05) is 19.1 Å². The number of rotatable bonds is 6. The first-order valence-corrected chi connectivity index (χ1v) is 8.94. The standard InChI is InChI=1S/C18H22ClN5O2/c1-13-12-14(19)2-3-15(13)22-18-21-5-4-16(23-18)17(25)20-6-7-24-8-10-26-11-9-24/h2-5,12H,6-11H2,1H3,(H,20,25)(H,21,22,23). The van der Waals surface area contributed by atoms with Crippen LogP contribution in [0.4, 0.5) is 11.6 Å². The average Bonchev–Trinajstić information content (AvgIpc) is 2.65. The van der Waals surface area contributed by atoms with Crippen LogP contribution in [0, 0.1) is 6.92 Å². The molecule has 1 aliphatic rings. The smallest absolute Gasteiger partial charge is 0.270 e. The van der Waals surface area contributed by atoms with Crippen LogP contribution in [0.1, 0.15) is 16.1 Å². The van der Waals surface area contributed by atoms with Crippen LogP contribution in [0.25, 0.3) is 0 Å². The Morgan fingerprint density at radius 1 is 1.31 bits per heavy atom. The minimum absolute atomic E-state index is 0.212. The molecule has 7 nitrogen and oxygen atoms in total. The molecule has 0 radical (unpaired) electrons. The van der Waals surface area contributed by atoms with E-state index in [9.17, 15) is 4.79 Å². The summed E-state index contributed by atoms with van der Waals surface area (Å²) < 4.78 is 5.31. The summed E-state index contributed by atoms with van der Waals surface area (Å²) in [5.41, 5.74) is 2.15. The first-order chi connectivity index (χ1) is 12.6. The molecule has 1 aromatic heterocycles. The number of aryl methyl sites for hydroxylation is 1. The van der Waals surface area contributed by atoms with Crippen molar-refractivity contribution in [2.24, 2.45) is 0 Å². The number of carbonyl (C=O) groups excluding carboxylic acids is 1. The van der Waals surface area contributed by atoms with Crippen LogP contribution in [0.5, 0.6) is 0 Å². The fourth-order valence-electron chi connectivity index (χ4n) is 2.68. The lowest BCUT2D eigenvalue weighted by Crippen LogP contribution is -2.41. The lowest BCUT2D eigenvalue weighted by atomic mass is 10.2. The van der Waals surface area contributed by atoms with Crippen molar-refractivity contribution in [2.75, 3.05) is 44.7 Å². The highest BCUT2D eigenvalue weighted by Crippen LogP contribution is 2.21. The quantitative estimate of drug-likeness (QED) is 0.806. The molecule has 8 heteroatoms. The Morgan fingerprint density at radius 3 is 2.88 bits per heavy atom. The van der Waals surface area contributed by atoms with Gasteiger partial charge in [-0.15, -0.1) is 0 Å². The zero-order valence-corrected chi connectivity index (χ0v) is 15.4. The lowest BCUT2D eigenvalue weighted by Gasteiger charge is -2.26. The number of anilines is 2. The summed E-state index contributed by atoms with van der Waals surface area (Å²) in [4.78, 5) is 23.0. The highest BCUT2D eigenvalue weighted by Gasteiger charge is 2.12. The average molecular weight is 376 g/mol. The summed E-state index contributed by atoms with van der Waals surface area (Å²) >= 11 is 5.97. The number of benzene rings is 1. The zero-order valence-electron chi connectivity index (χ0n) is 14.7. The maximum Gasteiger partial charge on any atom is 0.270 e. The molecule has 138 valence electrons. The van der Waals surface area contributed by atoms with Gasteiger partial charge in [0.15, 0.2) is 0 Å². The minimum Gasteiger partial charge on any atom is -0.379 e. The molecular weight excluding hydrogens is 354 g/mol. The number of nitrogens with one attached hydrogen (secondary N) is 2. The number of morpholine rings is 1. The number of hydrogen-bond donors (Lipinski definition) is 2. The summed E-state index contributed by atoms with van der Waals surface area (Å²) in [6.45, 7) is 6.61. The van der Waals surface area contributed by atoms with Gasteiger partial charge in [0.25, 0.3) is 5.91 Å². The molecule has 2 aromatic rings. The van der Waals surface area contributed by atoms with E-state index in [1.54, 1.807) is 18.3 Å². The van der Waals surface area contributed by atoms with Crippen molar-refractivity contribution < 1.29 is 9.53 Å². The molecule has 0 aliphatic carbocycles. The molecule has 0 saturated carbocycles. The van der Waals surface area contributed by atoms with Crippen LogP contribution in [-0.4, -0.2) is 60.2 Å². The van der Waals surface area contributed by atoms with E-state index in [0.29, 0.717) is 23.2 Å². The second-order valence-corrected chi connectivity index (χ2v) is 6.50. The molecule has 1 amide bonds. The van der Waals surface area contributed by atoms with E-state index in [0.717, 1.165) is 44.1 Å². The van der Waals surface area contributed by atoms with Gasteiger partial charge in [-0.1, -0.05) is 11.6 Å². The van der Waals surface area contributed by atoms with Crippen molar-refractivity contribution in [2.45, 2.75) is 6.92 Å². The molecule has 1 saturated heterocycles. The molecule has 2 N–H and O–H groups in total. The molecule has 2 heterocycles. The molecule has 0 bridgehead atoms. The van der Waals surface area contributed by atoms with Crippen LogP contribution in [0.3, 0.4) is 0 Å². The fourth-order valence-corrected chi connectivity index (χ4v) is 2.90. The number of carbonyl (C=O) groups is 1. The number of aromatic nitrogens is 2. The third kappa shape index (κ3) is 5.14. The van der Waals surface area contributed by atoms with Gasteiger partial charge in [-0.3, -0.25) is 9.69 Å². The summed E-state index contributed by atoms with van der Waals surface area (Å²) in [5.74, 6) is 0.160. The van der Waals surface area contributed by atoms with E-state index in [1.165, 1.54) is 0 Å². The van der Waals surface area contributed by atoms with Gasteiger partial charge in [-0.05, 0) is 36.8 Å². The van der Waals surface area contributed by atoms with Gasteiger partial charge in [0.05, 0.1) is 13.2 Å². The summed E-state index contributed by atoms with van der Waals surface area (Å²) in [7, 11) is 0. The van der Waals surface area contributed by atoms with E-state index < -0.39 is 0 Å². The molecular formula is C18H22ClN5O2. The minimum atomic E-state index is -0.212. The van der Waals surface area contributed by atoms with Gasteiger partial charge < -0.3 is 15.4 Å². The topological polar surface area (TPSA) is 79.4 Å². The Morgan fingerprint density at radius 2 is 2.12 bits per heavy atom. The molecule has 1 fully saturated rings. The van der Waals surface area contributed by atoms with E-state index in [-0.39, 0.29) is 5.91 Å². The maximum absolute atomic E-state index is 12.3. The maximum atomic E-state index is 12.3. The zero-order chi connectivity index (χ0) is 18.4. The van der Waals surface area contributed by atoms with Crippen LogP contribution >= 0.6 is 11.6 Å². The van der Waals surface area contributed by atoms with E-state index >= 15 is 0 Å². The highest BCUT2D eigenvalue weighted by atomic mass is 35.5. The van der Waals surface area contributed by atoms with Crippen LogP contribution in [0.2, 0.25) is 5.02 Å². The molecule has 1 aliphatic heterocycles. The number of amides is 1. The molecule has 0 spiro atoms. The summed E-state index contributed by atoms with van der Waals surface area (Å²) in [5, 5.41) is 6.69. The van der Waals surface area contributed by atoms with Gasteiger partial charge in [-0.25, -0.2) is 9.97 Å². The first kappa shape index (κ1) is 18.6. The second-order valence-electron chi connectivity index (χ2n) is 6.06. The van der Waals surface area contributed by atoms with Crippen molar-refractivity contribution in [1.29, 1.82) is 0 Å². The Balaban J connectivity index is 1.56. The Bertz CT molecular complexity index is 765. The van der Waals surface area contributed by atoms with Crippen molar-refractivity contribution in [3.63, 3.8) is 0 Å². The summed E-state index contributed by atoms with van der Waals surface area (Å²) in [6, 6.07) is 7.10. The van der Waals surface area contributed by atoms with Crippen LogP contribution in [-0.2, 0) is 4.74 Å². The van der Waals surface area contributed by atoms with Crippen molar-refractivity contribution in [1.82, 2.24) is 20.2 Å². The normalized spacial score (nSPS) is 14.8. The third-order valence-electron chi connectivity index (χ3n) is 4.14. The molecule has 0 unspecified atom stereocenters. The van der Waals surface area contributed by atoms with Crippen LogP contribution < -0.4 is 10.6 Å².